The summed E-state index contributed by atoms with van der Waals surface area (Å²) < 4.78 is 36.8. The molecule has 0 unspecified atom stereocenters. The Kier molecular flexibility index (Phi) is 7.03. The molecule has 0 atom stereocenters. The number of rotatable bonds is 9. The Morgan fingerprint density at radius 3 is 2.58 bits per heavy atom. The lowest BCUT2D eigenvalue weighted by Gasteiger charge is -2.10. The lowest BCUT2D eigenvalue weighted by Crippen LogP contribution is -2.17. The number of esters is 1. The Labute approximate surface area is 154 Å². The predicted octanol–water partition coefficient (Wildman–Crippen LogP) is 3.38. The molecule has 6 nitrogen and oxygen atoms in total. The third kappa shape index (κ3) is 6.07. The van der Waals surface area contributed by atoms with Gasteiger partial charge in [-0.25, -0.2) is 13.2 Å². The van der Waals surface area contributed by atoms with Crippen LogP contribution in [0.5, 0.6) is 5.75 Å². The number of ether oxygens (including phenoxy) is 2. The molecule has 140 valence electrons. The maximum absolute atomic E-state index is 12.1. The Morgan fingerprint density at radius 2 is 1.85 bits per heavy atom. The third-order valence-corrected chi connectivity index (χ3v) is 5.00. The summed E-state index contributed by atoms with van der Waals surface area (Å²) in [5, 5.41) is 0. The predicted molar refractivity (Wildman–Crippen MR) is 101 cm³/mol. The summed E-state index contributed by atoms with van der Waals surface area (Å²) in [6.07, 6.45) is 0.512. The number of nitrogens with one attached hydrogen (secondary N) is 1. The highest BCUT2D eigenvalue weighted by molar-refractivity contribution is 7.92. The first-order valence-corrected chi connectivity index (χ1v) is 10.0. The molecule has 0 aliphatic rings. The van der Waals surface area contributed by atoms with Crippen molar-refractivity contribution in [1.82, 2.24) is 0 Å². The van der Waals surface area contributed by atoms with E-state index >= 15 is 0 Å². The van der Waals surface area contributed by atoms with Crippen molar-refractivity contribution in [2.24, 2.45) is 0 Å². The maximum Gasteiger partial charge on any atom is 0.338 e. The molecule has 0 fully saturated rings. The normalized spacial score (nSPS) is 11.0. The lowest BCUT2D eigenvalue weighted by molar-refractivity contribution is 0.0450. The van der Waals surface area contributed by atoms with E-state index in [-0.39, 0.29) is 24.5 Å². The minimum atomic E-state index is -3.40. The number of para-hydroxylation sites is 1. The van der Waals surface area contributed by atoms with E-state index in [1.165, 1.54) is 6.07 Å². The van der Waals surface area contributed by atoms with Gasteiger partial charge in [-0.3, -0.25) is 4.72 Å². The molecule has 0 amide bonds. The standard InChI is InChI=1S/C19H23NO5S/c1-3-13-26(22,23)20-17-9-6-8-16(14-17)19(21)25-12-11-24-18-10-5-4-7-15(18)2/h4-10,14,20H,3,11-13H2,1-2H3. The molecule has 7 heteroatoms. The van der Waals surface area contributed by atoms with E-state index in [9.17, 15) is 13.2 Å². The number of carbonyl (C=O) groups is 1. The van der Waals surface area contributed by atoms with Crippen LogP contribution in [0.3, 0.4) is 0 Å². The second kappa shape index (κ2) is 9.24. The van der Waals surface area contributed by atoms with Crippen molar-refractivity contribution in [3.63, 3.8) is 0 Å². The molecule has 0 radical (unpaired) electrons. The van der Waals surface area contributed by atoms with Gasteiger partial charge in [0.2, 0.25) is 10.0 Å². The van der Waals surface area contributed by atoms with Gasteiger partial charge >= 0.3 is 5.97 Å². The number of benzene rings is 2. The van der Waals surface area contributed by atoms with Crippen LogP contribution in [0, 0.1) is 6.92 Å². The SMILES string of the molecule is CCCS(=O)(=O)Nc1cccc(C(=O)OCCOc2ccccc2C)c1. The van der Waals surface area contributed by atoms with Crippen molar-refractivity contribution in [1.29, 1.82) is 0 Å². The van der Waals surface area contributed by atoms with E-state index < -0.39 is 16.0 Å². The summed E-state index contributed by atoms with van der Waals surface area (Å²) in [4.78, 5) is 12.1. The number of hydrogen-bond acceptors (Lipinski definition) is 5. The van der Waals surface area contributed by atoms with E-state index in [1.54, 1.807) is 25.1 Å². The first-order chi connectivity index (χ1) is 12.4. The largest absolute Gasteiger partial charge is 0.490 e. The highest BCUT2D eigenvalue weighted by Gasteiger charge is 2.12. The fourth-order valence-electron chi connectivity index (χ4n) is 2.30. The second-order valence-corrected chi connectivity index (χ2v) is 7.59. The Hall–Kier alpha value is -2.54. The summed E-state index contributed by atoms with van der Waals surface area (Å²) in [5.74, 6) is 0.239. The number of hydrogen-bond donors (Lipinski definition) is 1. The molecule has 0 aliphatic carbocycles. The van der Waals surface area contributed by atoms with Gasteiger partial charge in [0.25, 0.3) is 0 Å². The van der Waals surface area contributed by atoms with E-state index in [4.69, 9.17) is 9.47 Å². The maximum atomic E-state index is 12.1. The molecule has 2 aromatic carbocycles. The summed E-state index contributed by atoms with van der Waals surface area (Å²) >= 11 is 0. The molecule has 1 N–H and O–H groups in total. The number of anilines is 1. The van der Waals surface area contributed by atoms with E-state index in [0.29, 0.717) is 12.1 Å². The molecule has 0 saturated heterocycles. The van der Waals surface area contributed by atoms with Crippen LogP contribution in [0.4, 0.5) is 5.69 Å². The Balaban J connectivity index is 1.87. The van der Waals surface area contributed by atoms with Gasteiger partial charge in [0.05, 0.1) is 11.3 Å². The first kappa shape index (κ1) is 19.8. The molecule has 0 aliphatic heterocycles. The van der Waals surface area contributed by atoms with E-state index in [1.807, 2.05) is 31.2 Å². The van der Waals surface area contributed by atoms with Crippen molar-refractivity contribution < 1.29 is 22.7 Å². The van der Waals surface area contributed by atoms with Crippen LogP contribution in [-0.4, -0.2) is 33.4 Å². The zero-order chi connectivity index (χ0) is 19.0. The van der Waals surface area contributed by atoms with Crippen LogP contribution in [0.25, 0.3) is 0 Å². The van der Waals surface area contributed by atoms with Crippen LogP contribution in [0.2, 0.25) is 0 Å². The van der Waals surface area contributed by atoms with Gasteiger partial charge in [0.15, 0.2) is 0 Å². The van der Waals surface area contributed by atoms with Crippen LogP contribution < -0.4 is 9.46 Å². The van der Waals surface area contributed by atoms with Crippen LogP contribution >= 0.6 is 0 Å². The molecule has 0 aromatic heterocycles. The fraction of sp³-hybridized carbons (Fsp3) is 0.316. The monoisotopic (exact) mass is 377 g/mol. The van der Waals surface area contributed by atoms with Crippen molar-refractivity contribution in [2.75, 3.05) is 23.7 Å². The number of carbonyl (C=O) groups excluding carboxylic acids is 1. The van der Waals surface area contributed by atoms with Gasteiger partial charge in [0.1, 0.15) is 19.0 Å². The quantitative estimate of drug-likeness (QED) is 0.535. The van der Waals surface area contributed by atoms with Gasteiger partial charge in [-0.1, -0.05) is 31.2 Å². The minimum Gasteiger partial charge on any atom is -0.490 e. The van der Waals surface area contributed by atoms with Crippen molar-refractivity contribution in [3.8, 4) is 5.75 Å². The molecule has 2 rings (SSSR count). The summed E-state index contributed by atoms with van der Waals surface area (Å²) in [6.45, 7) is 4.05. The molecular formula is C19H23NO5S. The van der Waals surface area contributed by atoms with Gasteiger partial charge < -0.3 is 9.47 Å². The molecule has 0 spiro atoms. The van der Waals surface area contributed by atoms with Gasteiger partial charge in [0, 0.05) is 5.69 Å². The second-order valence-electron chi connectivity index (χ2n) is 5.75. The zero-order valence-electron chi connectivity index (χ0n) is 14.9. The zero-order valence-corrected chi connectivity index (χ0v) is 15.7. The molecule has 26 heavy (non-hydrogen) atoms. The summed E-state index contributed by atoms with van der Waals surface area (Å²) in [7, 11) is -3.40. The summed E-state index contributed by atoms with van der Waals surface area (Å²) in [6, 6.07) is 13.8. The van der Waals surface area contributed by atoms with Crippen LogP contribution in [0.1, 0.15) is 29.3 Å². The van der Waals surface area contributed by atoms with Crippen LogP contribution in [0.15, 0.2) is 48.5 Å². The highest BCUT2D eigenvalue weighted by Crippen LogP contribution is 2.16. The van der Waals surface area contributed by atoms with Crippen molar-refractivity contribution in [2.45, 2.75) is 20.3 Å². The topological polar surface area (TPSA) is 81.7 Å². The molecule has 0 bridgehead atoms. The third-order valence-electron chi connectivity index (χ3n) is 3.51. The smallest absolute Gasteiger partial charge is 0.338 e. The first-order valence-electron chi connectivity index (χ1n) is 8.37. The molecular weight excluding hydrogens is 354 g/mol. The average molecular weight is 377 g/mol. The molecule has 2 aromatic rings. The van der Waals surface area contributed by atoms with Gasteiger partial charge in [-0.2, -0.15) is 0 Å². The van der Waals surface area contributed by atoms with Gasteiger partial charge in [-0.05, 0) is 43.2 Å². The highest BCUT2D eigenvalue weighted by atomic mass is 32.2. The number of sulfonamides is 1. The van der Waals surface area contributed by atoms with Gasteiger partial charge in [-0.15, -0.1) is 0 Å². The Morgan fingerprint density at radius 1 is 1.08 bits per heavy atom. The van der Waals surface area contributed by atoms with Crippen LogP contribution in [-0.2, 0) is 14.8 Å². The number of aryl methyl sites for hydroxylation is 1. The van der Waals surface area contributed by atoms with Crippen molar-refractivity contribution >= 4 is 21.7 Å². The Bertz CT molecular complexity index is 849. The van der Waals surface area contributed by atoms with E-state index in [0.717, 1.165) is 11.3 Å². The lowest BCUT2D eigenvalue weighted by atomic mass is 10.2. The summed E-state index contributed by atoms with van der Waals surface area (Å²) in [5.41, 5.74) is 1.62. The van der Waals surface area contributed by atoms with E-state index in [2.05, 4.69) is 4.72 Å². The average Bonchev–Trinajstić information content (AvgIpc) is 2.59. The minimum absolute atomic E-state index is 0.0257. The fourth-order valence-corrected chi connectivity index (χ4v) is 3.42. The molecule has 0 heterocycles. The van der Waals surface area contributed by atoms with Crippen molar-refractivity contribution in [3.05, 3.63) is 59.7 Å². The molecule has 0 saturated carbocycles.